The predicted molar refractivity (Wildman–Crippen MR) is 82.7 cm³/mol. The van der Waals surface area contributed by atoms with Gasteiger partial charge >= 0.3 is 0 Å². The van der Waals surface area contributed by atoms with Crippen molar-refractivity contribution in [3.05, 3.63) is 29.3 Å². The van der Waals surface area contributed by atoms with E-state index in [2.05, 4.69) is 10.0 Å². The van der Waals surface area contributed by atoms with Crippen LogP contribution < -0.4 is 10.0 Å². The first-order chi connectivity index (χ1) is 9.94. The SMILES string of the molecule is CNCc1ccc(C)c(S(=O)(=O)NCC2CCOC2C)c1. The van der Waals surface area contributed by atoms with Gasteiger partial charge in [-0.2, -0.15) is 0 Å². The Balaban J connectivity index is 2.13. The Kier molecular flexibility index (Phi) is 5.37. The molecule has 0 radical (unpaired) electrons. The van der Waals surface area contributed by atoms with Gasteiger partial charge in [-0.15, -0.1) is 0 Å². The lowest BCUT2D eigenvalue weighted by Gasteiger charge is -2.16. The van der Waals surface area contributed by atoms with Crippen LogP contribution >= 0.6 is 0 Å². The van der Waals surface area contributed by atoms with Crippen molar-refractivity contribution in [2.24, 2.45) is 5.92 Å². The van der Waals surface area contributed by atoms with Crippen LogP contribution in [-0.2, 0) is 21.3 Å². The number of nitrogens with one attached hydrogen (secondary N) is 2. The van der Waals surface area contributed by atoms with Gasteiger partial charge in [-0.25, -0.2) is 13.1 Å². The van der Waals surface area contributed by atoms with Crippen LogP contribution in [0, 0.1) is 12.8 Å². The number of ether oxygens (including phenoxy) is 1. The molecule has 0 aliphatic carbocycles. The van der Waals surface area contributed by atoms with Crippen LogP contribution in [0.15, 0.2) is 23.1 Å². The zero-order valence-electron chi connectivity index (χ0n) is 12.8. The molecule has 1 heterocycles. The minimum atomic E-state index is -3.48. The van der Waals surface area contributed by atoms with Crippen molar-refractivity contribution >= 4 is 10.0 Å². The van der Waals surface area contributed by atoms with Crippen LogP contribution in [0.5, 0.6) is 0 Å². The van der Waals surface area contributed by atoms with Crippen LogP contribution in [0.3, 0.4) is 0 Å². The van der Waals surface area contributed by atoms with Crippen molar-refractivity contribution in [1.29, 1.82) is 0 Å². The van der Waals surface area contributed by atoms with E-state index in [0.717, 1.165) is 17.5 Å². The Morgan fingerprint density at radius 1 is 1.38 bits per heavy atom. The molecule has 5 nitrogen and oxygen atoms in total. The largest absolute Gasteiger partial charge is 0.378 e. The Hall–Kier alpha value is -0.950. The minimum absolute atomic E-state index is 0.115. The molecule has 21 heavy (non-hydrogen) atoms. The minimum Gasteiger partial charge on any atom is -0.378 e. The first-order valence-electron chi connectivity index (χ1n) is 7.29. The number of sulfonamides is 1. The second kappa shape index (κ2) is 6.87. The molecule has 2 atom stereocenters. The Morgan fingerprint density at radius 3 is 2.76 bits per heavy atom. The molecule has 2 N–H and O–H groups in total. The average Bonchev–Trinajstić information content (AvgIpc) is 2.84. The monoisotopic (exact) mass is 312 g/mol. The van der Waals surface area contributed by atoms with Crippen LogP contribution in [0.4, 0.5) is 0 Å². The van der Waals surface area contributed by atoms with Gasteiger partial charge in [0.1, 0.15) is 0 Å². The van der Waals surface area contributed by atoms with E-state index in [1.54, 1.807) is 6.07 Å². The van der Waals surface area contributed by atoms with Gasteiger partial charge in [0.2, 0.25) is 10.0 Å². The highest BCUT2D eigenvalue weighted by Gasteiger charge is 2.26. The maximum absolute atomic E-state index is 12.5. The smallest absolute Gasteiger partial charge is 0.240 e. The Labute approximate surface area is 127 Å². The summed E-state index contributed by atoms with van der Waals surface area (Å²) in [7, 11) is -1.63. The number of hydrogen-bond acceptors (Lipinski definition) is 4. The second-order valence-corrected chi connectivity index (χ2v) is 7.34. The molecule has 0 bridgehead atoms. The highest BCUT2D eigenvalue weighted by Crippen LogP contribution is 2.21. The third kappa shape index (κ3) is 4.03. The summed E-state index contributed by atoms with van der Waals surface area (Å²) in [6.45, 7) is 5.60. The van der Waals surface area contributed by atoms with Gasteiger partial charge in [0.15, 0.2) is 0 Å². The van der Waals surface area contributed by atoms with Crippen molar-refractivity contribution in [3.63, 3.8) is 0 Å². The van der Waals surface area contributed by atoms with Gasteiger partial charge in [-0.3, -0.25) is 0 Å². The molecule has 0 spiro atoms. The van der Waals surface area contributed by atoms with Crippen LogP contribution in [0.25, 0.3) is 0 Å². The first kappa shape index (κ1) is 16.4. The van der Waals surface area contributed by atoms with Crippen LogP contribution in [0.1, 0.15) is 24.5 Å². The number of aryl methyl sites for hydroxylation is 1. The molecule has 1 aromatic carbocycles. The molecule has 2 rings (SSSR count). The molecule has 0 aromatic heterocycles. The maximum Gasteiger partial charge on any atom is 0.240 e. The lowest BCUT2D eigenvalue weighted by atomic mass is 10.0. The van der Waals surface area contributed by atoms with Crippen molar-refractivity contribution in [3.8, 4) is 0 Å². The molecule has 1 aromatic rings. The fourth-order valence-electron chi connectivity index (χ4n) is 2.59. The van der Waals surface area contributed by atoms with E-state index in [0.29, 0.717) is 24.6 Å². The van der Waals surface area contributed by atoms with Crippen molar-refractivity contribution in [2.75, 3.05) is 20.2 Å². The van der Waals surface area contributed by atoms with E-state index in [-0.39, 0.29) is 12.0 Å². The summed E-state index contributed by atoms with van der Waals surface area (Å²) in [5.74, 6) is 0.251. The lowest BCUT2D eigenvalue weighted by molar-refractivity contribution is 0.107. The van der Waals surface area contributed by atoms with Gasteiger partial charge < -0.3 is 10.1 Å². The predicted octanol–water partition coefficient (Wildman–Crippen LogP) is 1.42. The highest BCUT2D eigenvalue weighted by molar-refractivity contribution is 7.89. The number of hydrogen-bond donors (Lipinski definition) is 2. The van der Waals surface area contributed by atoms with Crippen molar-refractivity contribution in [2.45, 2.75) is 37.8 Å². The summed E-state index contributed by atoms with van der Waals surface area (Å²) >= 11 is 0. The molecule has 0 saturated carbocycles. The fourth-order valence-corrected chi connectivity index (χ4v) is 3.97. The zero-order chi connectivity index (χ0) is 15.5. The topological polar surface area (TPSA) is 67.4 Å². The lowest BCUT2D eigenvalue weighted by Crippen LogP contribution is -2.32. The van der Waals surface area contributed by atoms with E-state index in [1.165, 1.54) is 0 Å². The Bertz CT molecular complexity index is 587. The molecular weight excluding hydrogens is 288 g/mol. The van der Waals surface area contributed by atoms with Crippen LogP contribution in [-0.4, -0.2) is 34.7 Å². The molecule has 1 fully saturated rings. The van der Waals surface area contributed by atoms with E-state index in [4.69, 9.17) is 4.74 Å². The number of rotatable bonds is 6. The Morgan fingerprint density at radius 2 is 2.14 bits per heavy atom. The molecular formula is C15H24N2O3S. The summed E-state index contributed by atoms with van der Waals surface area (Å²) in [5, 5.41) is 3.03. The first-order valence-corrected chi connectivity index (χ1v) is 8.77. The molecule has 1 aliphatic heterocycles. The molecule has 6 heteroatoms. The van der Waals surface area contributed by atoms with E-state index >= 15 is 0 Å². The van der Waals surface area contributed by atoms with Crippen molar-refractivity contribution < 1.29 is 13.2 Å². The third-order valence-corrected chi connectivity index (χ3v) is 5.56. The van der Waals surface area contributed by atoms with Crippen molar-refractivity contribution in [1.82, 2.24) is 10.0 Å². The maximum atomic E-state index is 12.5. The number of benzene rings is 1. The standard InChI is InChI=1S/C15H24N2O3S/c1-11-4-5-13(9-16-3)8-15(11)21(18,19)17-10-14-6-7-20-12(14)2/h4-5,8,12,14,16-17H,6-7,9-10H2,1-3H3. The molecule has 2 unspecified atom stereocenters. The van der Waals surface area contributed by atoms with Crippen LogP contribution in [0.2, 0.25) is 0 Å². The van der Waals surface area contributed by atoms with E-state index < -0.39 is 10.0 Å². The van der Waals surface area contributed by atoms with Gasteiger partial charge in [-0.1, -0.05) is 12.1 Å². The molecule has 0 amide bonds. The summed E-state index contributed by atoms with van der Waals surface area (Å²) in [4.78, 5) is 0.363. The summed E-state index contributed by atoms with van der Waals surface area (Å²) in [6, 6.07) is 5.53. The third-order valence-electron chi connectivity index (χ3n) is 3.99. The molecule has 118 valence electrons. The molecule has 1 saturated heterocycles. The normalized spacial score (nSPS) is 22.6. The fraction of sp³-hybridized carbons (Fsp3) is 0.600. The summed E-state index contributed by atoms with van der Waals surface area (Å²) in [6.07, 6.45) is 1.02. The summed E-state index contributed by atoms with van der Waals surface area (Å²) in [5.41, 5.74) is 1.72. The van der Waals surface area contributed by atoms with Gasteiger partial charge in [0.25, 0.3) is 0 Å². The quantitative estimate of drug-likeness (QED) is 0.833. The zero-order valence-corrected chi connectivity index (χ0v) is 13.7. The average molecular weight is 312 g/mol. The summed E-state index contributed by atoms with van der Waals surface area (Å²) < 4.78 is 33.2. The van der Waals surface area contributed by atoms with Gasteiger partial charge in [0.05, 0.1) is 11.0 Å². The van der Waals surface area contributed by atoms with Gasteiger partial charge in [-0.05, 0) is 44.5 Å². The van der Waals surface area contributed by atoms with E-state index in [9.17, 15) is 8.42 Å². The molecule has 1 aliphatic rings. The second-order valence-electron chi connectivity index (χ2n) is 5.61. The highest BCUT2D eigenvalue weighted by atomic mass is 32.2. The van der Waals surface area contributed by atoms with E-state index in [1.807, 2.05) is 33.0 Å². The van der Waals surface area contributed by atoms with Gasteiger partial charge in [0, 0.05) is 25.6 Å².